The van der Waals surface area contributed by atoms with E-state index in [2.05, 4.69) is 191 Å². The predicted octanol–water partition coefficient (Wildman–Crippen LogP) is 12.0. The number of rotatable bonds is 5. The lowest BCUT2D eigenvalue weighted by Gasteiger charge is -2.32. The van der Waals surface area contributed by atoms with E-state index in [0.29, 0.717) is 0 Å². The van der Waals surface area contributed by atoms with Crippen molar-refractivity contribution in [3.05, 3.63) is 210 Å². The molecule has 9 aromatic rings. The van der Waals surface area contributed by atoms with Crippen LogP contribution in [-0.2, 0) is 0 Å². The molecule has 4 heterocycles. The van der Waals surface area contributed by atoms with Crippen LogP contribution in [0.5, 0.6) is 5.75 Å². The van der Waals surface area contributed by atoms with Crippen LogP contribution in [-0.4, -0.2) is 16.5 Å². The Morgan fingerprint density at radius 2 is 1.37 bits per heavy atom. The molecule has 4 unspecified atom stereocenters. The minimum atomic E-state index is -0.253. The van der Waals surface area contributed by atoms with E-state index in [1.165, 1.54) is 64.4 Å². The maximum absolute atomic E-state index is 6.76. The monoisotopic (exact) mass is 752 g/mol. The maximum atomic E-state index is 6.76. The van der Waals surface area contributed by atoms with Crippen molar-refractivity contribution in [2.75, 3.05) is 0 Å². The van der Waals surface area contributed by atoms with Crippen LogP contribution in [0.25, 0.3) is 53.2 Å². The second-order valence-electron chi connectivity index (χ2n) is 15.1. The highest BCUT2D eigenvalue weighted by molar-refractivity contribution is 7.25. The molecule has 12 rings (SSSR count). The molecule has 3 aliphatic rings. The molecule has 0 amide bonds. The fraction of sp³-hybridized carbons (Fsp3) is 0.0784. The maximum Gasteiger partial charge on any atom is 0.131 e. The fourth-order valence-electron chi connectivity index (χ4n) is 9.26. The number of allylic oxidation sites excluding steroid dienone is 2. The number of para-hydroxylation sites is 2. The van der Waals surface area contributed by atoms with E-state index in [0.717, 1.165) is 28.3 Å². The van der Waals surface area contributed by atoms with Gasteiger partial charge in [0.1, 0.15) is 30.0 Å². The Kier molecular flexibility index (Phi) is 7.37. The lowest BCUT2D eigenvalue weighted by Crippen LogP contribution is -2.44. The molecule has 0 spiro atoms. The van der Waals surface area contributed by atoms with E-state index < -0.39 is 0 Å². The minimum Gasteiger partial charge on any atom is -0.485 e. The zero-order valence-electron chi connectivity index (χ0n) is 30.8. The molecule has 0 saturated carbocycles. The zero-order valence-corrected chi connectivity index (χ0v) is 31.7. The summed E-state index contributed by atoms with van der Waals surface area (Å²) in [7, 11) is 0. The average Bonchev–Trinajstić information content (AvgIpc) is 3.96. The number of aliphatic imine (C=N–C) groups is 1. The number of hydrogen-bond donors (Lipinski definition) is 2. The van der Waals surface area contributed by atoms with Gasteiger partial charge in [-0.1, -0.05) is 140 Å². The lowest BCUT2D eigenvalue weighted by molar-refractivity contribution is 0.271. The van der Waals surface area contributed by atoms with Gasteiger partial charge in [0.25, 0.3) is 0 Å². The summed E-state index contributed by atoms with van der Waals surface area (Å²) in [5, 5.41) is 12.5. The molecule has 57 heavy (non-hydrogen) atoms. The highest BCUT2D eigenvalue weighted by Crippen LogP contribution is 2.50. The molecule has 2 aromatic heterocycles. The van der Waals surface area contributed by atoms with Gasteiger partial charge in [0.2, 0.25) is 0 Å². The molecule has 1 aliphatic carbocycles. The quantitative estimate of drug-likeness (QED) is 0.184. The molecule has 0 fully saturated rings. The van der Waals surface area contributed by atoms with Crippen molar-refractivity contribution in [3.63, 3.8) is 0 Å². The van der Waals surface area contributed by atoms with Crippen LogP contribution in [0.2, 0.25) is 0 Å². The van der Waals surface area contributed by atoms with E-state index in [1.807, 2.05) is 17.4 Å². The Hall–Kier alpha value is -6.73. The smallest absolute Gasteiger partial charge is 0.131 e. The molecule has 5 nitrogen and oxygen atoms in total. The Balaban J connectivity index is 0.911. The molecule has 4 atom stereocenters. The van der Waals surface area contributed by atoms with E-state index in [1.54, 1.807) is 0 Å². The van der Waals surface area contributed by atoms with Crippen molar-refractivity contribution in [3.8, 4) is 11.4 Å². The first kappa shape index (κ1) is 32.5. The largest absolute Gasteiger partial charge is 0.485 e. The highest BCUT2D eigenvalue weighted by atomic mass is 32.1. The van der Waals surface area contributed by atoms with Gasteiger partial charge in [-0.25, -0.2) is 4.99 Å². The van der Waals surface area contributed by atoms with Crippen molar-refractivity contribution in [2.45, 2.75) is 24.4 Å². The summed E-state index contributed by atoms with van der Waals surface area (Å²) < 4.78 is 11.8. The number of thiophene rings is 1. The van der Waals surface area contributed by atoms with Gasteiger partial charge in [-0.15, -0.1) is 11.3 Å². The van der Waals surface area contributed by atoms with Gasteiger partial charge in [-0.2, -0.15) is 0 Å². The minimum absolute atomic E-state index is 0.0725. The number of hydrogen-bond acceptors (Lipinski definition) is 5. The lowest BCUT2D eigenvalue weighted by atomic mass is 9.81. The number of fused-ring (bicyclic) bond motifs is 9. The molecule has 0 radical (unpaired) electrons. The molecule has 6 heteroatoms. The summed E-state index contributed by atoms with van der Waals surface area (Å²) in [6.45, 7) is 0. The predicted molar refractivity (Wildman–Crippen MR) is 236 cm³/mol. The fourth-order valence-corrected chi connectivity index (χ4v) is 10.4. The van der Waals surface area contributed by atoms with Gasteiger partial charge >= 0.3 is 0 Å². The van der Waals surface area contributed by atoms with Crippen molar-refractivity contribution in [1.29, 1.82) is 0 Å². The second-order valence-corrected chi connectivity index (χ2v) is 16.2. The summed E-state index contributed by atoms with van der Waals surface area (Å²) >= 11 is 1.87. The van der Waals surface area contributed by atoms with Crippen LogP contribution in [0.3, 0.4) is 0 Å². The van der Waals surface area contributed by atoms with Gasteiger partial charge in [0.05, 0.1) is 22.6 Å². The molecule has 0 bridgehead atoms. The van der Waals surface area contributed by atoms with Crippen LogP contribution in [0.1, 0.15) is 46.1 Å². The van der Waals surface area contributed by atoms with Gasteiger partial charge in [-0.05, 0) is 64.7 Å². The Morgan fingerprint density at radius 3 is 2.18 bits per heavy atom. The van der Waals surface area contributed by atoms with Crippen LogP contribution in [0.15, 0.2) is 187 Å². The molecule has 0 saturated heterocycles. The topological polar surface area (TPSA) is 50.6 Å². The number of nitrogens with one attached hydrogen (secondary N) is 2. The summed E-state index contributed by atoms with van der Waals surface area (Å²) in [5.41, 5.74) is 10.7. The van der Waals surface area contributed by atoms with E-state index >= 15 is 0 Å². The summed E-state index contributed by atoms with van der Waals surface area (Å²) in [6.07, 6.45) is 6.21. The Morgan fingerprint density at radius 1 is 0.614 bits per heavy atom. The van der Waals surface area contributed by atoms with Crippen molar-refractivity contribution >= 4 is 64.7 Å². The molecule has 272 valence electrons. The molecular formula is C51H36N4OS. The third-order valence-corrected chi connectivity index (χ3v) is 13.0. The normalized spacial score (nSPS) is 19.9. The molecule has 7 aromatic carbocycles. The third kappa shape index (κ3) is 5.22. The zero-order chi connectivity index (χ0) is 37.5. The standard InChI is InChI=1S/C51H36N4OS/c1-3-13-31(14-4-1)49-52-50(32-15-5-2-6-16-32)54-51(53-49)34-26-27-38-44(29-34)56-43-23-11-19-35(47(38)43)33-25-28-39-46(30-33)57-45-24-12-22-42(48(39)45)55-40-20-9-7-17-36(40)37-18-8-10-21-41(37)55/h1-30,43,47,49,51,53H,(H,52,54). The van der Waals surface area contributed by atoms with Crippen molar-refractivity contribution in [2.24, 2.45) is 4.99 Å². The first-order valence-electron chi connectivity index (χ1n) is 19.6. The molecular weight excluding hydrogens is 717 g/mol. The van der Waals surface area contributed by atoms with Gasteiger partial charge in [0.15, 0.2) is 0 Å². The molecule has 2 aliphatic heterocycles. The first-order chi connectivity index (χ1) is 28.2. The number of aromatic nitrogens is 1. The van der Waals surface area contributed by atoms with E-state index in [-0.39, 0.29) is 24.4 Å². The average molecular weight is 753 g/mol. The summed E-state index contributed by atoms with van der Waals surface area (Å²) in [4.78, 5) is 5.19. The number of nitrogens with zero attached hydrogens (tertiary/aromatic N) is 2. The van der Waals surface area contributed by atoms with E-state index in [4.69, 9.17) is 9.73 Å². The number of ether oxygens (including phenoxy) is 1. The van der Waals surface area contributed by atoms with Crippen LogP contribution in [0.4, 0.5) is 0 Å². The highest BCUT2D eigenvalue weighted by Gasteiger charge is 2.38. The van der Waals surface area contributed by atoms with Gasteiger partial charge in [0, 0.05) is 42.1 Å². The first-order valence-corrected chi connectivity index (χ1v) is 20.4. The number of amidine groups is 1. The van der Waals surface area contributed by atoms with E-state index in [9.17, 15) is 0 Å². The van der Waals surface area contributed by atoms with Crippen LogP contribution in [0, 0.1) is 0 Å². The second kappa shape index (κ2) is 12.9. The van der Waals surface area contributed by atoms with Crippen LogP contribution < -0.4 is 15.4 Å². The van der Waals surface area contributed by atoms with Crippen molar-refractivity contribution in [1.82, 2.24) is 15.2 Å². The SMILES string of the molecule is C1=CC2Oc3cc(C4N=C(c5ccccc5)NC(c5ccccc5)N4)ccc3C2C(c2ccc3c(c2)sc2cccc(-n4c5ccccc5c5ccccc54)c23)=C1. The number of benzene rings is 7. The Labute approximate surface area is 333 Å². The van der Waals surface area contributed by atoms with Gasteiger partial charge in [-0.3, -0.25) is 5.32 Å². The van der Waals surface area contributed by atoms with Crippen molar-refractivity contribution < 1.29 is 4.74 Å². The molecule has 2 N–H and O–H groups in total. The third-order valence-electron chi connectivity index (χ3n) is 11.9. The summed E-state index contributed by atoms with van der Waals surface area (Å²) in [6, 6.07) is 58.8. The Bertz CT molecular complexity index is 3090. The van der Waals surface area contributed by atoms with Crippen LogP contribution >= 0.6 is 11.3 Å². The summed E-state index contributed by atoms with van der Waals surface area (Å²) in [5.74, 6) is 1.89. The van der Waals surface area contributed by atoms with Gasteiger partial charge < -0.3 is 14.6 Å².